The monoisotopic (exact) mass is 388 g/mol. The van der Waals surface area contributed by atoms with E-state index in [0.29, 0.717) is 11.1 Å². The minimum atomic E-state index is 0.598. The number of carbonyl (C=O) groups excluding carboxylic acids is 1. The van der Waals surface area contributed by atoms with E-state index in [2.05, 4.69) is 22.8 Å². The van der Waals surface area contributed by atoms with E-state index in [9.17, 15) is 10.1 Å². The molecule has 0 bridgehead atoms. The van der Waals surface area contributed by atoms with Crippen molar-refractivity contribution in [2.24, 2.45) is 5.73 Å². The lowest BCUT2D eigenvalue weighted by atomic mass is 10.0. The van der Waals surface area contributed by atoms with Crippen molar-refractivity contribution in [1.29, 1.82) is 5.26 Å². The molecule has 1 aliphatic heterocycles. The van der Waals surface area contributed by atoms with E-state index in [4.69, 9.17) is 9.72 Å². The van der Waals surface area contributed by atoms with Gasteiger partial charge in [0.15, 0.2) is 0 Å². The summed E-state index contributed by atoms with van der Waals surface area (Å²) >= 11 is 0. The van der Waals surface area contributed by atoms with Crippen LogP contribution in [-0.4, -0.2) is 49.5 Å². The number of hydrogen-bond donors (Lipinski definition) is 1. The number of nitrogens with zero attached hydrogens (tertiary/aromatic N) is 3. The summed E-state index contributed by atoms with van der Waals surface area (Å²) in [5.74, 6) is 0. The molecule has 1 aromatic heterocycles. The van der Waals surface area contributed by atoms with Crippen LogP contribution in [0.1, 0.15) is 21.5 Å². The van der Waals surface area contributed by atoms with Crippen LogP contribution in [0.5, 0.6) is 0 Å². The fraction of sp³-hybridized carbons (Fsp3) is 0.261. The number of hydrogen-bond acceptors (Lipinski definition) is 6. The lowest BCUT2D eigenvalue weighted by molar-refractivity contribution is 0.0344. The van der Waals surface area contributed by atoms with E-state index >= 15 is 0 Å². The molecule has 0 aliphatic carbocycles. The van der Waals surface area contributed by atoms with E-state index in [1.54, 1.807) is 12.1 Å². The highest BCUT2D eigenvalue weighted by Gasteiger charge is 2.15. The second-order valence-electron chi connectivity index (χ2n) is 6.64. The molecule has 4 rings (SSSR count). The molecule has 6 nitrogen and oxygen atoms in total. The minimum Gasteiger partial charge on any atom is -0.379 e. The molecule has 148 valence electrons. The largest absolute Gasteiger partial charge is 0.379 e. The Morgan fingerprint density at radius 1 is 1.14 bits per heavy atom. The van der Waals surface area contributed by atoms with Crippen molar-refractivity contribution in [3.05, 3.63) is 65.2 Å². The normalized spacial score (nSPS) is 14.0. The van der Waals surface area contributed by atoms with Crippen LogP contribution in [0, 0.1) is 11.3 Å². The fourth-order valence-electron chi connectivity index (χ4n) is 3.38. The number of carbonyl (C=O) groups is 1. The zero-order valence-corrected chi connectivity index (χ0v) is 16.5. The molecule has 2 aromatic carbocycles. The summed E-state index contributed by atoms with van der Waals surface area (Å²) in [6, 6.07) is 17.4. The van der Waals surface area contributed by atoms with Gasteiger partial charge in [0.1, 0.15) is 6.29 Å². The highest BCUT2D eigenvalue weighted by molar-refractivity contribution is 5.86. The van der Waals surface area contributed by atoms with Gasteiger partial charge in [0, 0.05) is 36.1 Å². The van der Waals surface area contributed by atoms with Gasteiger partial charge in [-0.1, -0.05) is 30.3 Å². The molecule has 3 aromatic rings. The van der Waals surface area contributed by atoms with Crippen LogP contribution in [0.2, 0.25) is 0 Å². The van der Waals surface area contributed by atoms with Gasteiger partial charge >= 0.3 is 0 Å². The summed E-state index contributed by atoms with van der Waals surface area (Å²) in [4.78, 5) is 18.1. The molecule has 1 saturated heterocycles. The molecule has 0 saturated carbocycles. The minimum absolute atomic E-state index is 0.598. The molecule has 2 N–H and O–H groups in total. The first-order valence-electron chi connectivity index (χ1n) is 9.54. The van der Waals surface area contributed by atoms with Crippen LogP contribution in [0.25, 0.3) is 22.2 Å². The summed E-state index contributed by atoms with van der Waals surface area (Å²) in [5.41, 5.74) is 9.53. The number of nitriles is 1. The fourth-order valence-corrected chi connectivity index (χ4v) is 3.38. The number of morpholine rings is 1. The Morgan fingerprint density at radius 3 is 2.52 bits per heavy atom. The van der Waals surface area contributed by atoms with Crippen LogP contribution >= 0.6 is 0 Å². The van der Waals surface area contributed by atoms with E-state index in [1.807, 2.05) is 30.3 Å². The summed E-state index contributed by atoms with van der Waals surface area (Å²) in [5, 5.41) is 10.3. The number of rotatable bonds is 4. The van der Waals surface area contributed by atoms with Gasteiger partial charge in [0.05, 0.1) is 36.1 Å². The van der Waals surface area contributed by atoms with E-state index < -0.39 is 0 Å². The van der Waals surface area contributed by atoms with Gasteiger partial charge in [0.25, 0.3) is 0 Å². The Kier molecular flexibility index (Phi) is 7.04. The maximum absolute atomic E-state index is 10.9. The molecular weight excluding hydrogens is 364 g/mol. The van der Waals surface area contributed by atoms with Crippen molar-refractivity contribution in [2.45, 2.75) is 6.54 Å². The number of fused-ring (bicyclic) bond motifs is 1. The second kappa shape index (κ2) is 9.89. The standard InChI is InChI=1S/C22H19N3O2.CH5N/c23-13-17-3-6-20-19(14-25-7-9-27-10-8-25)12-21(24-22(20)11-17)18-4-1-16(15-26)2-5-18;1-2/h1-6,11-12,15H,7-10,14H2;2H2,1H3. The first kappa shape index (κ1) is 20.6. The predicted molar refractivity (Wildman–Crippen MR) is 113 cm³/mol. The molecule has 1 fully saturated rings. The molecule has 2 heterocycles. The Bertz CT molecular complexity index is 1020. The average molecular weight is 388 g/mol. The van der Waals surface area contributed by atoms with Gasteiger partial charge in [-0.15, -0.1) is 0 Å². The highest BCUT2D eigenvalue weighted by Crippen LogP contribution is 2.27. The van der Waals surface area contributed by atoms with Gasteiger partial charge < -0.3 is 10.5 Å². The molecule has 6 heteroatoms. The van der Waals surface area contributed by atoms with Crippen molar-refractivity contribution in [3.63, 3.8) is 0 Å². The number of ether oxygens (including phenoxy) is 1. The van der Waals surface area contributed by atoms with Crippen molar-refractivity contribution in [1.82, 2.24) is 9.88 Å². The molecule has 0 atom stereocenters. The van der Waals surface area contributed by atoms with Crippen LogP contribution in [0.3, 0.4) is 0 Å². The van der Waals surface area contributed by atoms with Gasteiger partial charge in [-0.2, -0.15) is 5.26 Å². The predicted octanol–water partition coefficient (Wildman–Crippen LogP) is 2.99. The third-order valence-electron chi connectivity index (χ3n) is 4.86. The molecule has 0 unspecified atom stereocenters. The molecule has 29 heavy (non-hydrogen) atoms. The third kappa shape index (κ3) is 4.84. The lowest BCUT2D eigenvalue weighted by Crippen LogP contribution is -2.35. The molecule has 0 amide bonds. The zero-order chi connectivity index (χ0) is 20.6. The number of aldehydes is 1. The van der Waals surface area contributed by atoms with Gasteiger partial charge in [-0.3, -0.25) is 9.69 Å². The average Bonchev–Trinajstić information content (AvgIpc) is 2.80. The SMILES string of the molecule is CN.N#Cc1ccc2c(CN3CCOCC3)cc(-c3ccc(C=O)cc3)nc2c1. The summed E-state index contributed by atoms with van der Waals surface area (Å²) in [7, 11) is 1.50. The third-order valence-corrected chi connectivity index (χ3v) is 4.86. The Hall–Kier alpha value is -3.11. The number of aromatic nitrogens is 1. The van der Waals surface area contributed by atoms with E-state index in [1.165, 1.54) is 12.6 Å². The molecule has 0 spiro atoms. The highest BCUT2D eigenvalue weighted by atomic mass is 16.5. The van der Waals surface area contributed by atoms with Crippen molar-refractivity contribution >= 4 is 17.2 Å². The van der Waals surface area contributed by atoms with Gasteiger partial charge in [-0.05, 0) is 30.8 Å². The second-order valence-corrected chi connectivity index (χ2v) is 6.64. The number of benzene rings is 2. The Labute approximate surface area is 170 Å². The van der Waals surface area contributed by atoms with Crippen LogP contribution in [-0.2, 0) is 11.3 Å². The zero-order valence-electron chi connectivity index (χ0n) is 16.5. The van der Waals surface area contributed by atoms with Gasteiger partial charge in [-0.25, -0.2) is 4.98 Å². The first-order chi connectivity index (χ1) is 14.3. The van der Waals surface area contributed by atoms with Crippen LogP contribution < -0.4 is 5.73 Å². The lowest BCUT2D eigenvalue weighted by Gasteiger charge is -2.27. The molecule has 0 radical (unpaired) electrons. The van der Waals surface area contributed by atoms with Crippen LogP contribution in [0.4, 0.5) is 0 Å². The van der Waals surface area contributed by atoms with Crippen LogP contribution in [0.15, 0.2) is 48.5 Å². The Balaban J connectivity index is 0.00000117. The topological polar surface area (TPSA) is 92.2 Å². The van der Waals surface area contributed by atoms with E-state index in [0.717, 1.165) is 61.3 Å². The van der Waals surface area contributed by atoms with Crippen molar-refractivity contribution in [2.75, 3.05) is 33.4 Å². The maximum Gasteiger partial charge on any atom is 0.150 e. The number of nitrogens with two attached hydrogens (primary N) is 1. The van der Waals surface area contributed by atoms with E-state index in [-0.39, 0.29) is 0 Å². The maximum atomic E-state index is 10.9. The summed E-state index contributed by atoms with van der Waals surface area (Å²) in [6.07, 6.45) is 0.834. The molecule has 1 aliphatic rings. The first-order valence-corrected chi connectivity index (χ1v) is 9.54. The van der Waals surface area contributed by atoms with Crippen molar-refractivity contribution in [3.8, 4) is 17.3 Å². The smallest absolute Gasteiger partial charge is 0.150 e. The summed E-state index contributed by atoms with van der Waals surface area (Å²) in [6.45, 7) is 4.13. The molecular formula is C23H24N4O2. The van der Waals surface area contributed by atoms with Gasteiger partial charge in [0.2, 0.25) is 0 Å². The number of pyridine rings is 1. The summed E-state index contributed by atoms with van der Waals surface area (Å²) < 4.78 is 5.45. The quantitative estimate of drug-likeness (QED) is 0.691. The van der Waals surface area contributed by atoms with Crippen molar-refractivity contribution < 1.29 is 9.53 Å². The Morgan fingerprint density at radius 2 is 1.86 bits per heavy atom.